The van der Waals surface area contributed by atoms with Gasteiger partial charge in [-0.15, -0.1) is 16.0 Å². The number of hydrogen-bond donors (Lipinski definition) is 6. The first-order valence-electron chi connectivity index (χ1n) is 15.5. The molecule has 0 aliphatic carbocycles. The Morgan fingerprint density at radius 2 is 1.98 bits per heavy atom. The molecule has 0 saturated carbocycles. The highest BCUT2D eigenvalue weighted by Crippen LogP contribution is 2.33. The van der Waals surface area contributed by atoms with Gasteiger partial charge in [0.05, 0.1) is 23.4 Å². The number of nitrogens with one attached hydrogen (secondary N) is 2. The highest BCUT2D eigenvalue weighted by atomic mass is 32.3. The number of amides is 2. The number of hydrogen-bond acceptors (Lipinski definition) is 16. The summed E-state index contributed by atoms with van der Waals surface area (Å²) in [6, 6.07) is 5.49. The Bertz CT molecular complexity index is 1870. The lowest BCUT2D eigenvalue weighted by molar-refractivity contribution is -0.781. The first-order chi connectivity index (χ1) is 24.0. The van der Waals surface area contributed by atoms with Gasteiger partial charge in [-0.1, -0.05) is 17.3 Å². The van der Waals surface area contributed by atoms with Crippen molar-refractivity contribution >= 4 is 50.4 Å². The number of carbonyl (C=O) groups is 3. The molecule has 0 radical (unpaired) electrons. The summed E-state index contributed by atoms with van der Waals surface area (Å²) in [5, 5.41) is 31.0. The number of hydroxylamine groups is 2. The average Bonchev–Trinajstić information content (AvgIpc) is 3.66. The number of aromatic nitrogens is 3. The second kappa shape index (κ2) is 15.3. The van der Waals surface area contributed by atoms with Gasteiger partial charge in [-0.05, 0) is 31.5 Å². The quantitative estimate of drug-likeness (QED) is 0.0213. The summed E-state index contributed by atoms with van der Waals surface area (Å²) >= 11 is 0.946. The number of nitrogens with zero attached hydrogens (tertiary/aromatic N) is 5. The minimum absolute atomic E-state index is 0.0440. The van der Waals surface area contributed by atoms with E-state index in [-0.39, 0.29) is 17.4 Å². The van der Waals surface area contributed by atoms with Crippen molar-refractivity contribution in [2.45, 2.75) is 50.7 Å². The van der Waals surface area contributed by atoms with Crippen LogP contribution in [0.25, 0.3) is 11.1 Å². The lowest BCUT2D eigenvalue weighted by Gasteiger charge is -2.51. The predicted molar refractivity (Wildman–Crippen MR) is 176 cm³/mol. The van der Waals surface area contributed by atoms with Gasteiger partial charge >= 0.3 is 5.97 Å². The van der Waals surface area contributed by atoms with Crippen molar-refractivity contribution in [3.63, 3.8) is 0 Å². The smallest absolute Gasteiger partial charge is 0.351 e. The van der Waals surface area contributed by atoms with Crippen LogP contribution < -0.4 is 31.5 Å². The summed E-state index contributed by atoms with van der Waals surface area (Å²) in [5.41, 5.74) is 10.9. The van der Waals surface area contributed by atoms with Crippen LogP contribution >= 0.6 is 11.3 Å². The van der Waals surface area contributed by atoms with Crippen molar-refractivity contribution in [1.29, 1.82) is 0 Å². The molecule has 8 N–H and O–H groups in total. The summed E-state index contributed by atoms with van der Waals surface area (Å²) < 4.78 is 46.9. The number of oxime groups is 1. The Labute approximate surface area is 295 Å². The number of β-lactam (4-membered cyclic amide) rings is 1. The van der Waals surface area contributed by atoms with Gasteiger partial charge in [0, 0.05) is 30.9 Å². The molecule has 1 aromatic carbocycles. The maximum absolute atomic E-state index is 13.3. The highest BCUT2D eigenvalue weighted by Gasteiger charge is 2.57. The summed E-state index contributed by atoms with van der Waals surface area (Å²) in [6.45, 7) is 5.18. The number of carbonyl (C=O) groups excluding carboxylic acids is 2. The first kappa shape index (κ1) is 37.5. The summed E-state index contributed by atoms with van der Waals surface area (Å²) in [5.74, 6) is -2.77. The maximum atomic E-state index is 13.3. The van der Waals surface area contributed by atoms with Crippen LogP contribution in [0.2, 0.25) is 0 Å². The molecule has 5 rings (SSSR count). The predicted octanol–water partition coefficient (Wildman–Crippen LogP) is -2.23. The molecule has 276 valence electrons. The Morgan fingerprint density at radius 3 is 2.53 bits per heavy atom. The molecule has 2 aliphatic heterocycles. The fraction of sp³-hybridized carbons (Fsp3) is 0.448. The van der Waals surface area contributed by atoms with Gasteiger partial charge in [0.2, 0.25) is 16.6 Å². The molecule has 4 heterocycles. The Morgan fingerprint density at radius 1 is 1.27 bits per heavy atom. The van der Waals surface area contributed by atoms with Crippen LogP contribution in [-0.4, -0.2) is 111 Å². The number of nitrogen functional groups attached to an aromatic ring is 1. The molecule has 3 atom stereocenters. The van der Waals surface area contributed by atoms with Crippen molar-refractivity contribution < 1.29 is 56.1 Å². The Hall–Kier alpha value is -4.71. The second-order valence-electron chi connectivity index (χ2n) is 12.3. The van der Waals surface area contributed by atoms with Crippen molar-refractivity contribution in [3.05, 3.63) is 47.7 Å². The van der Waals surface area contributed by atoms with Crippen LogP contribution in [-0.2, 0) is 47.0 Å². The number of aliphatic hydroxyl groups is 1. The van der Waals surface area contributed by atoms with Gasteiger partial charge < -0.3 is 46.4 Å². The van der Waals surface area contributed by atoms with Crippen LogP contribution in [0.3, 0.4) is 0 Å². The van der Waals surface area contributed by atoms with E-state index in [9.17, 15) is 37.6 Å². The zero-order valence-electron chi connectivity index (χ0n) is 27.4. The molecule has 22 heteroatoms. The fourth-order valence-electron chi connectivity index (χ4n) is 5.20. The number of thiazole rings is 1. The molecule has 3 aromatic rings. The third kappa shape index (κ3) is 8.97. The van der Waals surface area contributed by atoms with Gasteiger partial charge in [0.25, 0.3) is 17.9 Å². The molecule has 0 bridgehead atoms. The Kier molecular flexibility index (Phi) is 11.2. The third-order valence-electron chi connectivity index (χ3n) is 8.12. The lowest BCUT2D eigenvalue weighted by Crippen LogP contribution is -2.76. The molecule has 2 aliphatic rings. The molecule has 20 nitrogen and oxygen atoms in total. The monoisotopic (exact) mass is 751 g/mol. The lowest BCUT2D eigenvalue weighted by atomic mass is 9.84. The minimum atomic E-state index is -5.28. The van der Waals surface area contributed by atoms with Crippen molar-refractivity contribution in [2.24, 2.45) is 16.8 Å². The van der Waals surface area contributed by atoms with Crippen LogP contribution in [0.15, 0.2) is 47.2 Å². The third-order valence-corrected chi connectivity index (χ3v) is 9.13. The van der Waals surface area contributed by atoms with E-state index in [1.165, 1.54) is 19.2 Å². The topological polar surface area (TPSA) is 290 Å². The summed E-state index contributed by atoms with van der Waals surface area (Å²) in [7, 11) is -5.28. The largest absolute Gasteiger partial charge is 0.724 e. The summed E-state index contributed by atoms with van der Waals surface area (Å²) in [6.07, 6.45) is 1.49. The maximum Gasteiger partial charge on any atom is 0.351 e. The minimum Gasteiger partial charge on any atom is -0.724 e. The van der Waals surface area contributed by atoms with Gasteiger partial charge in [0.15, 0.2) is 17.4 Å². The second-order valence-corrected chi connectivity index (χ2v) is 14.2. The van der Waals surface area contributed by atoms with E-state index in [4.69, 9.17) is 21.0 Å². The van der Waals surface area contributed by atoms with Crippen LogP contribution in [0.1, 0.15) is 19.5 Å². The molecular formula is C29H37N9O11S2. The first-order valence-corrected chi connectivity index (χ1v) is 17.7. The number of nitrogens with two attached hydrogens (primary N) is 2. The molecule has 2 amide bonds. The SMILES string of the molecule is CC1(C)C(NC(=O)/C(=N\O[C@@H](COc2ccc(-c3cn(CC(O)CN)[n+](CC4CNC4)c3)cc2)C(=O)O)c2csc(N)n2)C(=O)N1OS(=O)(=O)[O-]. The van der Waals surface area contributed by atoms with Gasteiger partial charge in [-0.3, -0.25) is 9.59 Å². The van der Waals surface area contributed by atoms with E-state index < -0.39 is 64.3 Å². The molecule has 2 saturated heterocycles. The molecule has 51 heavy (non-hydrogen) atoms. The number of aliphatic hydroxyl groups excluding tert-OH is 1. The van der Waals surface area contributed by atoms with Crippen LogP contribution in [0.5, 0.6) is 5.75 Å². The number of rotatable bonds is 17. The number of benzene rings is 1. The normalized spacial score (nSPS) is 18.8. The van der Waals surface area contributed by atoms with Crippen molar-refractivity contribution in [3.8, 4) is 16.9 Å². The van der Waals surface area contributed by atoms with Crippen LogP contribution in [0.4, 0.5) is 5.13 Å². The number of ether oxygens (including phenoxy) is 1. The zero-order valence-corrected chi connectivity index (χ0v) is 29.0. The van der Waals surface area contributed by atoms with Gasteiger partial charge in [-0.2, -0.15) is 14.0 Å². The molecule has 2 fully saturated rings. The number of carboxylic acids is 1. The standard InChI is InChI=1S/C29H37N9O11S2/c1-29(2)24(26(41)38(29)49-51(44,45)46)34-25(40)23(21-15-50-28(31)33-21)35-48-22(27(42)43)14-47-20-5-3-17(4-6-20)18-11-36(10-16-8-32-9-16)37(12-18)13-19(39)7-30/h3-6,11-12,15-16,19,22,24,32,39H,7-10,13-14,30H2,1-2H3,(H4-,31,33,34,40,42,43,44,45,46)/b35-23-/t19?,22-,24?/m0/s1. The van der Waals surface area contributed by atoms with E-state index in [1.54, 1.807) is 24.3 Å². The van der Waals surface area contributed by atoms with E-state index in [0.717, 1.165) is 42.1 Å². The molecule has 2 aromatic heterocycles. The fourth-order valence-corrected chi connectivity index (χ4v) is 6.19. The highest BCUT2D eigenvalue weighted by molar-refractivity contribution is 7.80. The zero-order chi connectivity index (χ0) is 37.1. The van der Waals surface area contributed by atoms with Crippen molar-refractivity contribution in [1.82, 2.24) is 25.4 Å². The van der Waals surface area contributed by atoms with Gasteiger partial charge in [0.1, 0.15) is 30.6 Å². The molecular weight excluding hydrogens is 715 g/mol. The Balaban J connectivity index is 1.26. The van der Waals surface area contributed by atoms with E-state index in [2.05, 4.69) is 25.1 Å². The van der Waals surface area contributed by atoms with E-state index in [1.807, 2.05) is 21.8 Å². The number of aliphatic carboxylic acids is 1. The summed E-state index contributed by atoms with van der Waals surface area (Å²) in [4.78, 5) is 47.0. The van der Waals surface area contributed by atoms with E-state index in [0.29, 0.717) is 23.3 Å². The van der Waals surface area contributed by atoms with E-state index >= 15 is 0 Å². The molecule has 0 spiro atoms. The average molecular weight is 752 g/mol. The number of carboxylic acid groups (broad SMARTS) is 1. The van der Waals surface area contributed by atoms with Gasteiger partial charge in [-0.25, -0.2) is 18.2 Å². The number of anilines is 1. The van der Waals surface area contributed by atoms with Crippen molar-refractivity contribution in [2.75, 3.05) is 32.0 Å². The molecule has 2 unspecified atom stereocenters. The van der Waals surface area contributed by atoms with Crippen LogP contribution in [0, 0.1) is 5.92 Å².